The first-order valence-corrected chi connectivity index (χ1v) is 4.55. The van der Waals surface area contributed by atoms with Gasteiger partial charge in [-0.1, -0.05) is 5.11 Å². The van der Waals surface area contributed by atoms with Gasteiger partial charge in [-0.25, -0.2) is 0 Å². The van der Waals surface area contributed by atoms with Gasteiger partial charge in [0.15, 0.2) is 0 Å². The second kappa shape index (κ2) is 7.17. The van der Waals surface area contributed by atoms with Crippen LogP contribution in [0.1, 0.15) is 13.8 Å². The van der Waals surface area contributed by atoms with E-state index in [0.29, 0.717) is 19.6 Å². The van der Waals surface area contributed by atoms with Crippen molar-refractivity contribution in [3.63, 3.8) is 0 Å². The highest BCUT2D eigenvalue weighted by Crippen LogP contribution is 1.85. The van der Waals surface area contributed by atoms with Crippen LogP contribution in [0.3, 0.4) is 0 Å². The van der Waals surface area contributed by atoms with Gasteiger partial charge in [0.2, 0.25) is 5.91 Å². The van der Waals surface area contributed by atoms with E-state index in [1.165, 1.54) is 0 Å². The number of carbonyl (C=O) groups is 1. The Kier molecular flexibility index (Phi) is 6.53. The highest BCUT2D eigenvalue weighted by molar-refractivity contribution is 5.78. The number of carbonyl (C=O) groups excluding carboxylic acids is 1. The minimum Gasteiger partial charge on any atom is -0.353 e. The van der Waals surface area contributed by atoms with Crippen molar-refractivity contribution in [1.29, 1.82) is 0 Å². The van der Waals surface area contributed by atoms with Gasteiger partial charge >= 0.3 is 0 Å². The van der Waals surface area contributed by atoms with E-state index < -0.39 is 0 Å². The molecule has 0 aromatic heterocycles. The molecule has 0 aromatic rings. The fourth-order valence-corrected chi connectivity index (χ4v) is 0.952. The van der Waals surface area contributed by atoms with E-state index >= 15 is 0 Å². The zero-order valence-electron chi connectivity index (χ0n) is 8.90. The van der Waals surface area contributed by atoms with Crippen molar-refractivity contribution in [2.24, 2.45) is 5.11 Å². The molecule has 0 aliphatic heterocycles. The fourth-order valence-electron chi connectivity index (χ4n) is 0.952. The van der Waals surface area contributed by atoms with Crippen LogP contribution >= 0.6 is 0 Å². The van der Waals surface area contributed by atoms with Crippen LogP contribution in [0.15, 0.2) is 5.11 Å². The largest absolute Gasteiger partial charge is 0.353 e. The molecule has 0 heterocycles. The van der Waals surface area contributed by atoms with Gasteiger partial charge in [-0.2, -0.15) is 0 Å². The van der Waals surface area contributed by atoms with Crippen LogP contribution in [0.25, 0.3) is 10.4 Å². The number of azide groups is 1. The molecule has 0 fully saturated rings. The van der Waals surface area contributed by atoms with Crippen molar-refractivity contribution < 1.29 is 4.79 Å². The summed E-state index contributed by atoms with van der Waals surface area (Å²) in [4.78, 5) is 15.7. The second-order valence-corrected chi connectivity index (χ2v) is 3.41. The van der Waals surface area contributed by atoms with Gasteiger partial charge in [0.1, 0.15) is 0 Å². The summed E-state index contributed by atoms with van der Waals surface area (Å²) in [6.45, 7) is 5.15. The molecule has 14 heavy (non-hydrogen) atoms. The van der Waals surface area contributed by atoms with Crippen molar-refractivity contribution >= 4 is 5.91 Å². The summed E-state index contributed by atoms with van der Waals surface area (Å²) in [6, 6.07) is 0.160. The summed E-state index contributed by atoms with van der Waals surface area (Å²) in [6.07, 6.45) is 0. The standard InChI is InChI=1S/C8H17N5O/c1-7(2)11-8(14)6-13(3)5-4-10-12-9/h7H,4-6H2,1-3H3,(H,11,14). The lowest BCUT2D eigenvalue weighted by Crippen LogP contribution is -2.39. The van der Waals surface area contributed by atoms with Crippen LogP contribution in [-0.4, -0.2) is 43.5 Å². The Hall–Kier alpha value is -1.26. The predicted octanol–water partition coefficient (Wildman–Crippen LogP) is 0.753. The first-order chi connectivity index (χ1) is 6.56. The molecule has 0 bridgehead atoms. The van der Waals surface area contributed by atoms with Crippen LogP contribution in [0.5, 0.6) is 0 Å². The first kappa shape index (κ1) is 12.7. The Bertz CT molecular complexity index is 222. The Morgan fingerprint density at radius 1 is 1.64 bits per heavy atom. The summed E-state index contributed by atoms with van der Waals surface area (Å²) in [5, 5.41) is 6.17. The number of rotatable bonds is 6. The summed E-state index contributed by atoms with van der Waals surface area (Å²) in [5.41, 5.74) is 8.04. The highest BCUT2D eigenvalue weighted by Gasteiger charge is 2.06. The molecule has 0 aromatic carbocycles. The molecule has 0 rings (SSSR count). The molecule has 0 saturated carbocycles. The van der Waals surface area contributed by atoms with Gasteiger partial charge in [-0.3, -0.25) is 9.69 Å². The maximum absolute atomic E-state index is 11.2. The third kappa shape index (κ3) is 7.39. The minimum absolute atomic E-state index is 0.0107. The Morgan fingerprint density at radius 2 is 2.29 bits per heavy atom. The number of likely N-dealkylation sites (N-methyl/N-ethyl adjacent to an activating group) is 1. The Balaban J connectivity index is 3.65. The number of hydrogen-bond donors (Lipinski definition) is 1. The van der Waals surface area contributed by atoms with Gasteiger partial charge in [0, 0.05) is 24.0 Å². The number of nitrogens with zero attached hydrogens (tertiary/aromatic N) is 4. The molecule has 0 aliphatic carbocycles. The molecule has 0 aliphatic rings. The van der Waals surface area contributed by atoms with E-state index in [-0.39, 0.29) is 11.9 Å². The average Bonchev–Trinajstić information content (AvgIpc) is 2.02. The third-order valence-corrected chi connectivity index (χ3v) is 1.51. The zero-order valence-corrected chi connectivity index (χ0v) is 8.90. The normalized spacial score (nSPS) is 10.1. The molecular weight excluding hydrogens is 182 g/mol. The van der Waals surface area contributed by atoms with Gasteiger partial charge < -0.3 is 5.32 Å². The van der Waals surface area contributed by atoms with E-state index in [2.05, 4.69) is 15.3 Å². The highest BCUT2D eigenvalue weighted by atomic mass is 16.2. The summed E-state index contributed by atoms with van der Waals surface area (Å²) >= 11 is 0. The summed E-state index contributed by atoms with van der Waals surface area (Å²) in [5.74, 6) is -0.0107. The molecule has 80 valence electrons. The monoisotopic (exact) mass is 199 g/mol. The third-order valence-electron chi connectivity index (χ3n) is 1.51. The Morgan fingerprint density at radius 3 is 2.79 bits per heavy atom. The maximum atomic E-state index is 11.2. The second-order valence-electron chi connectivity index (χ2n) is 3.41. The van der Waals surface area contributed by atoms with Crippen molar-refractivity contribution in [2.45, 2.75) is 19.9 Å². The number of hydrogen-bond acceptors (Lipinski definition) is 3. The van der Waals surface area contributed by atoms with Crippen LogP contribution in [0.2, 0.25) is 0 Å². The fraction of sp³-hybridized carbons (Fsp3) is 0.875. The number of amides is 1. The summed E-state index contributed by atoms with van der Waals surface area (Å²) in [7, 11) is 1.81. The SMILES string of the molecule is CC(C)NC(=O)CN(C)CCN=[N+]=[N-]. The zero-order chi connectivity index (χ0) is 11.0. The van der Waals surface area contributed by atoms with E-state index in [1.807, 2.05) is 25.8 Å². The molecule has 0 saturated heterocycles. The van der Waals surface area contributed by atoms with E-state index in [9.17, 15) is 4.79 Å². The molecular formula is C8H17N5O. The topological polar surface area (TPSA) is 81.1 Å². The lowest BCUT2D eigenvalue weighted by atomic mass is 10.4. The van der Waals surface area contributed by atoms with Crippen LogP contribution in [0.4, 0.5) is 0 Å². The molecule has 6 nitrogen and oxygen atoms in total. The molecule has 6 heteroatoms. The quantitative estimate of drug-likeness (QED) is 0.389. The molecule has 0 unspecified atom stereocenters. The lowest BCUT2D eigenvalue weighted by Gasteiger charge is -2.15. The van der Waals surface area contributed by atoms with Gasteiger partial charge in [0.05, 0.1) is 6.54 Å². The van der Waals surface area contributed by atoms with E-state index in [4.69, 9.17) is 5.53 Å². The van der Waals surface area contributed by atoms with E-state index in [1.54, 1.807) is 0 Å². The maximum Gasteiger partial charge on any atom is 0.234 e. The summed E-state index contributed by atoms with van der Waals surface area (Å²) < 4.78 is 0. The lowest BCUT2D eigenvalue weighted by molar-refractivity contribution is -0.122. The van der Waals surface area contributed by atoms with Gasteiger partial charge in [-0.05, 0) is 26.4 Å². The van der Waals surface area contributed by atoms with Crippen molar-refractivity contribution in [2.75, 3.05) is 26.7 Å². The van der Waals surface area contributed by atoms with Crippen molar-refractivity contribution in [1.82, 2.24) is 10.2 Å². The van der Waals surface area contributed by atoms with Gasteiger partial charge in [0.25, 0.3) is 0 Å². The van der Waals surface area contributed by atoms with Crippen LogP contribution in [-0.2, 0) is 4.79 Å². The predicted molar refractivity (Wildman–Crippen MR) is 54.8 cm³/mol. The number of nitrogens with one attached hydrogen (secondary N) is 1. The molecule has 1 N–H and O–H groups in total. The van der Waals surface area contributed by atoms with E-state index in [0.717, 1.165) is 0 Å². The first-order valence-electron chi connectivity index (χ1n) is 4.55. The minimum atomic E-state index is -0.0107. The van der Waals surface area contributed by atoms with Crippen LogP contribution in [0, 0.1) is 0 Å². The Labute approximate surface area is 83.9 Å². The molecule has 0 radical (unpaired) electrons. The van der Waals surface area contributed by atoms with Gasteiger partial charge in [-0.15, -0.1) is 0 Å². The molecule has 1 amide bonds. The van der Waals surface area contributed by atoms with Crippen molar-refractivity contribution in [3.05, 3.63) is 10.4 Å². The van der Waals surface area contributed by atoms with Crippen LogP contribution < -0.4 is 5.32 Å². The smallest absolute Gasteiger partial charge is 0.234 e. The van der Waals surface area contributed by atoms with Crippen molar-refractivity contribution in [3.8, 4) is 0 Å². The molecule has 0 spiro atoms. The molecule has 0 atom stereocenters. The average molecular weight is 199 g/mol.